The van der Waals surface area contributed by atoms with Gasteiger partial charge in [0.25, 0.3) is 0 Å². The number of hydrogen-bond acceptors (Lipinski definition) is 4. The number of nitrogens with zero attached hydrogens (tertiary/aromatic N) is 3. The molecule has 0 amide bonds. The smallest absolute Gasteiger partial charge is 0.153 e. The number of aryl methyl sites for hydroxylation is 1. The fraction of sp³-hybridized carbons (Fsp3) is 0.818. The van der Waals surface area contributed by atoms with E-state index >= 15 is 0 Å². The molecule has 1 aromatic heterocycles. The Bertz CT molecular complexity index is 350. The van der Waals surface area contributed by atoms with Crippen LogP contribution in [-0.4, -0.2) is 15.0 Å². The fourth-order valence-corrected chi connectivity index (χ4v) is 3.30. The molecule has 0 aromatic carbocycles. The van der Waals surface area contributed by atoms with Crippen LogP contribution in [0.15, 0.2) is 4.60 Å². The average molecular weight is 302 g/mol. The van der Waals surface area contributed by atoms with Crippen LogP contribution in [-0.2, 0) is 7.05 Å². The maximum absolute atomic E-state index is 5.73. The van der Waals surface area contributed by atoms with Crippen molar-refractivity contribution in [2.24, 2.45) is 24.7 Å². The summed E-state index contributed by atoms with van der Waals surface area (Å²) in [6, 6.07) is 0.136. The molecule has 0 radical (unpaired) electrons. The summed E-state index contributed by atoms with van der Waals surface area (Å²) >= 11 is 3.45. The van der Waals surface area contributed by atoms with Gasteiger partial charge in [-0.3, -0.25) is 11.3 Å². The third-order valence-electron chi connectivity index (χ3n) is 3.83. The van der Waals surface area contributed by atoms with Gasteiger partial charge in [0.15, 0.2) is 4.60 Å². The number of hydrogen-bond donors (Lipinski definition) is 2. The van der Waals surface area contributed by atoms with Gasteiger partial charge in [0.05, 0.1) is 11.7 Å². The van der Waals surface area contributed by atoms with E-state index in [2.05, 4.69) is 38.6 Å². The number of aromatic nitrogens is 3. The molecule has 1 atom stereocenters. The lowest BCUT2D eigenvalue weighted by molar-refractivity contribution is 0.226. The Morgan fingerprint density at radius 2 is 2.06 bits per heavy atom. The second-order valence-corrected chi connectivity index (χ2v) is 5.80. The summed E-state index contributed by atoms with van der Waals surface area (Å²) in [5, 5.41) is 8.05. The van der Waals surface area contributed by atoms with Crippen LogP contribution < -0.4 is 11.3 Å². The van der Waals surface area contributed by atoms with Crippen molar-refractivity contribution >= 4 is 15.9 Å². The highest BCUT2D eigenvalue weighted by atomic mass is 79.9. The van der Waals surface area contributed by atoms with Gasteiger partial charge in [-0.15, -0.1) is 5.10 Å². The standard InChI is InChI=1S/C11H20BrN5/c1-7-3-5-8(6-4-7)9(14-13)10-11(12)15-16-17(10)2/h7-9,14H,3-6,13H2,1-2H3. The quantitative estimate of drug-likeness (QED) is 0.661. The third-order valence-corrected chi connectivity index (χ3v) is 4.40. The Labute approximate surface area is 110 Å². The van der Waals surface area contributed by atoms with Crippen molar-refractivity contribution in [2.45, 2.75) is 38.6 Å². The molecule has 1 fully saturated rings. The summed E-state index contributed by atoms with van der Waals surface area (Å²) < 4.78 is 2.59. The minimum absolute atomic E-state index is 0.136. The molecule has 0 saturated heterocycles. The summed E-state index contributed by atoms with van der Waals surface area (Å²) in [4.78, 5) is 0. The van der Waals surface area contributed by atoms with Crippen LogP contribution >= 0.6 is 15.9 Å². The summed E-state index contributed by atoms with van der Waals surface area (Å²) in [5.74, 6) is 7.15. The van der Waals surface area contributed by atoms with Gasteiger partial charge in [0.1, 0.15) is 0 Å². The van der Waals surface area contributed by atoms with Crippen molar-refractivity contribution in [3.05, 3.63) is 10.3 Å². The second kappa shape index (κ2) is 5.46. The summed E-state index contributed by atoms with van der Waals surface area (Å²) in [7, 11) is 1.91. The Kier molecular flexibility index (Phi) is 4.17. The Morgan fingerprint density at radius 3 is 2.53 bits per heavy atom. The van der Waals surface area contributed by atoms with Crippen LogP contribution in [0.4, 0.5) is 0 Å². The lowest BCUT2D eigenvalue weighted by Gasteiger charge is -2.32. The molecule has 3 N–H and O–H groups in total. The number of nitrogens with two attached hydrogens (primary N) is 1. The third kappa shape index (κ3) is 2.69. The summed E-state index contributed by atoms with van der Waals surface area (Å²) in [6.45, 7) is 2.32. The molecular weight excluding hydrogens is 282 g/mol. The first-order valence-corrected chi connectivity index (χ1v) is 6.94. The van der Waals surface area contributed by atoms with Crippen LogP contribution in [0.25, 0.3) is 0 Å². The van der Waals surface area contributed by atoms with E-state index in [1.54, 1.807) is 4.68 Å². The molecule has 1 heterocycles. The average Bonchev–Trinajstić information content (AvgIpc) is 2.64. The lowest BCUT2D eigenvalue weighted by atomic mass is 9.78. The largest absolute Gasteiger partial charge is 0.271 e. The summed E-state index contributed by atoms with van der Waals surface area (Å²) in [6.07, 6.45) is 5.00. The molecule has 1 aliphatic rings. The zero-order valence-electron chi connectivity index (χ0n) is 10.4. The first-order valence-electron chi connectivity index (χ1n) is 6.14. The molecule has 5 nitrogen and oxygen atoms in total. The molecule has 0 bridgehead atoms. The minimum atomic E-state index is 0.136. The van der Waals surface area contributed by atoms with E-state index in [1.807, 2.05) is 7.05 Å². The number of rotatable bonds is 3. The first-order chi connectivity index (χ1) is 8.13. The van der Waals surface area contributed by atoms with Crippen LogP contribution in [0.3, 0.4) is 0 Å². The van der Waals surface area contributed by atoms with Crippen molar-refractivity contribution in [1.82, 2.24) is 20.4 Å². The predicted molar refractivity (Wildman–Crippen MR) is 69.9 cm³/mol. The first kappa shape index (κ1) is 13.0. The second-order valence-electron chi connectivity index (χ2n) is 5.05. The number of nitrogens with one attached hydrogen (secondary N) is 1. The van der Waals surface area contributed by atoms with Crippen molar-refractivity contribution < 1.29 is 0 Å². The zero-order chi connectivity index (χ0) is 12.4. The molecule has 2 rings (SSSR count). The number of hydrazine groups is 1. The van der Waals surface area contributed by atoms with E-state index in [9.17, 15) is 0 Å². The normalized spacial score (nSPS) is 27.1. The van der Waals surface area contributed by atoms with E-state index in [0.29, 0.717) is 5.92 Å². The van der Waals surface area contributed by atoms with Gasteiger partial charge < -0.3 is 0 Å². The van der Waals surface area contributed by atoms with Gasteiger partial charge in [-0.1, -0.05) is 25.0 Å². The summed E-state index contributed by atoms with van der Waals surface area (Å²) in [5.41, 5.74) is 3.99. The highest BCUT2D eigenvalue weighted by Crippen LogP contribution is 2.37. The van der Waals surface area contributed by atoms with E-state index < -0.39 is 0 Å². The van der Waals surface area contributed by atoms with Gasteiger partial charge in [0.2, 0.25) is 0 Å². The van der Waals surface area contributed by atoms with Crippen molar-refractivity contribution in [3.63, 3.8) is 0 Å². The molecule has 1 saturated carbocycles. The fourth-order valence-electron chi connectivity index (χ4n) is 2.73. The van der Waals surface area contributed by atoms with Crippen molar-refractivity contribution in [2.75, 3.05) is 0 Å². The van der Waals surface area contributed by atoms with Gasteiger partial charge in [0, 0.05) is 7.05 Å². The molecule has 1 unspecified atom stereocenters. The van der Waals surface area contributed by atoms with Crippen LogP contribution in [0.5, 0.6) is 0 Å². The van der Waals surface area contributed by atoms with Gasteiger partial charge >= 0.3 is 0 Å². The SMILES string of the molecule is CC1CCC(C(NN)c2c(Br)nnn2C)CC1. The van der Waals surface area contributed by atoms with E-state index in [1.165, 1.54) is 25.7 Å². The Hall–Kier alpha value is -0.460. The van der Waals surface area contributed by atoms with Crippen LogP contribution in [0.1, 0.15) is 44.3 Å². The van der Waals surface area contributed by atoms with E-state index in [-0.39, 0.29) is 6.04 Å². The predicted octanol–water partition coefficient (Wildman–Crippen LogP) is 1.91. The highest BCUT2D eigenvalue weighted by Gasteiger charge is 2.30. The maximum Gasteiger partial charge on any atom is 0.153 e. The van der Waals surface area contributed by atoms with Crippen LogP contribution in [0.2, 0.25) is 0 Å². The molecule has 1 aliphatic carbocycles. The molecule has 6 heteroatoms. The zero-order valence-corrected chi connectivity index (χ0v) is 11.9. The van der Waals surface area contributed by atoms with Gasteiger partial charge in [-0.2, -0.15) is 0 Å². The topological polar surface area (TPSA) is 68.8 Å². The molecule has 17 heavy (non-hydrogen) atoms. The molecule has 96 valence electrons. The molecular formula is C11H20BrN5. The lowest BCUT2D eigenvalue weighted by Crippen LogP contribution is -2.36. The molecule has 0 aliphatic heterocycles. The van der Waals surface area contributed by atoms with E-state index in [4.69, 9.17) is 5.84 Å². The Balaban J connectivity index is 2.16. The minimum Gasteiger partial charge on any atom is -0.271 e. The number of halogens is 1. The van der Waals surface area contributed by atoms with Crippen molar-refractivity contribution in [3.8, 4) is 0 Å². The Morgan fingerprint density at radius 1 is 1.41 bits per heavy atom. The van der Waals surface area contributed by atoms with Crippen molar-refractivity contribution in [1.29, 1.82) is 0 Å². The van der Waals surface area contributed by atoms with Gasteiger partial charge in [-0.05, 0) is 40.6 Å². The monoisotopic (exact) mass is 301 g/mol. The highest BCUT2D eigenvalue weighted by molar-refractivity contribution is 9.10. The van der Waals surface area contributed by atoms with Crippen LogP contribution in [0, 0.1) is 11.8 Å². The molecule has 0 spiro atoms. The maximum atomic E-state index is 5.73. The van der Waals surface area contributed by atoms with Gasteiger partial charge in [-0.25, -0.2) is 4.68 Å². The van der Waals surface area contributed by atoms with E-state index in [0.717, 1.165) is 16.2 Å². The molecule has 1 aromatic rings.